The second-order valence-electron chi connectivity index (χ2n) is 22.4. The molecule has 0 aromatic rings. The van der Waals surface area contributed by atoms with Crippen LogP contribution >= 0.6 is 23.5 Å². The predicted molar refractivity (Wildman–Crippen MR) is 283 cm³/mol. The van der Waals surface area contributed by atoms with E-state index in [1.54, 1.807) is 62.3 Å². The maximum atomic E-state index is 14.1. The second-order valence-corrected chi connectivity index (χ2v) is 27.0. The third-order valence-electron chi connectivity index (χ3n) is 11.5. The molecule has 1 saturated heterocycles. The Kier molecular flexibility index (Phi) is 29.7. The maximum Gasteiger partial charge on any atom is 0.490 e. The van der Waals surface area contributed by atoms with Crippen LogP contribution in [0.15, 0.2) is 0 Å². The van der Waals surface area contributed by atoms with E-state index in [9.17, 15) is 62.2 Å². The minimum atomic E-state index is -5.90. The number of aliphatic hydroxyl groups is 1. The van der Waals surface area contributed by atoms with Crippen LogP contribution in [0.25, 0.3) is 0 Å². The van der Waals surface area contributed by atoms with Gasteiger partial charge in [-0.05, 0) is 146 Å². The van der Waals surface area contributed by atoms with E-state index in [0.717, 1.165) is 39.0 Å². The number of amides is 6. The van der Waals surface area contributed by atoms with Gasteiger partial charge in [0.15, 0.2) is 0 Å². The number of carbonyl (C=O) groups is 6. The molecule has 2 rings (SSSR count). The van der Waals surface area contributed by atoms with Crippen molar-refractivity contribution in [2.45, 2.75) is 225 Å². The first-order chi connectivity index (χ1) is 35.9. The molecule has 0 aromatic carbocycles. The second kappa shape index (κ2) is 32.8. The van der Waals surface area contributed by atoms with Gasteiger partial charge in [0.05, 0.1) is 31.0 Å². The molecule has 28 nitrogen and oxygen atoms in total. The van der Waals surface area contributed by atoms with E-state index >= 15 is 0 Å². The van der Waals surface area contributed by atoms with Crippen molar-refractivity contribution in [1.82, 2.24) is 31.9 Å². The Bertz CT molecular complexity index is 2070. The maximum absolute atomic E-state index is 14.1. The number of ether oxygens (including phenoxy) is 4. The quantitative estimate of drug-likeness (QED) is 0.0230. The number of carbonyl (C=O) groups excluding carboxylic acids is 6. The molecule has 78 heavy (non-hydrogen) atoms. The summed E-state index contributed by atoms with van der Waals surface area (Å²) in [4.78, 5) is 109. The summed E-state index contributed by atoms with van der Waals surface area (Å²) < 4.78 is 78.0. The third kappa shape index (κ3) is 32.1. The largest absolute Gasteiger partial charge is 0.490 e. The average Bonchev–Trinajstić information content (AvgIpc) is 3.66. The molecule has 10 atom stereocenters. The number of hydrogen-bond acceptors (Lipinski definition) is 19. The van der Waals surface area contributed by atoms with Crippen molar-refractivity contribution >= 4 is 59.5 Å². The fraction of sp³-hybridized carbons (Fsp3) is 0.872. The normalized spacial score (nSPS) is 21.2. The van der Waals surface area contributed by atoms with Crippen molar-refractivity contribution in [3.05, 3.63) is 0 Å². The SMILES string of the molecule is CC(CNC(=O)C(CCCCNC(=O)OC(C)(C)C)NC(=O)C(CCCCNC(=O)OC(C)(C)C)NC(=O)C(N)CCCCNC(=O)OC(C)(C)C)OP(=O)(O)OP(=O)(O)OP(=O)(O)OC[C@H]1O[C@@H](C2CCCCC2)C[C@H]1O. The molecule has 12 N–H and O–H groups in total. The van der Waals surface area contributed by atoms with Gasteiger partial charge in [0.1, 0.15) is 35.0 Å². The summed E-state index contributed by atoms with van der Waals surface area (Å²) in [6.07, 6.45) is 1.40. The molecule has 6 amide bonds. The Balaban J connectivity index is 2.14. The van der Waals surface area contributed by atoms with Crippen LogP contribution < -0.4 is 37.6 Å². The zero-order chi connectivity index (χ0) is 59.1. The highest BCUT2D eigenvalue weighted by Crippen LogP contribution is 2.68. The van der Waals surface area contributed by atoms with Gasteiger partial charge in [-0.15, -0.1) is 0 Å². The summed E-state index contributed by atoms with van der Waals surface area (Å²) in [5, 5.41) is 26.1. The smallest absolute Gasteiger partial charge is 0.444 e. The molecule has 7 unspecified atom stereocenters. The number of unbranched alkanes of at least 4 members (excludes halogenated alkanes) is 3. The van der Waals surface area contributed by atoms with Gasteiger partial charge < -0.3 is 76.4 Å². The number of phosphoric acid groups is 3. The number of aliphatic hydroxyl groups excluding tert-OH is 1. The molecule has 2 fully saturated rings. The zero-order valence-corrected chi connectivity index (χ0v) is 49.6. The molecule has 1 aliphatic heterocycles. The monoisotopic (exact) mass is 1180 g/mol. The van der Waals surface area contributed by atoms with Gasteiger partial charge >= 0.3 is 41.7 Å². The van der Waals surface area contributed by atoms with Crippen LogP contribution in [-0.4, -0.2) is 148 Å². The Hall–Kier alpha value is -3.49. The lowest BCUT2D eigenvalue weighted by molar-refractivity contribution is -0.132. The van der Waals surface area contributed by atoms with Gasteiger partial charge in [0.25, 0.3) is 0 Å². The molecule has 2 aliphatic rings. The first-order valence-electron chi connectivity index (χ1n) is 26.6. The summed E-state index contributed by atoms with van der Waals surface area (Å²) in [6.45, 7) is 15.7. The molecule has 1 saturated carbocycles. The molecule has 0 bridgehead atoms. The van der Waals surface area contributed by atoms with Crippen LogP contribution in [-0.2, 0) is 64.7 Å². The van der Waals surface area contributed by atoms with Crippen LogP contribution in [0.1, 0.15) is 166 Å². The van der Waals surface area contributed by atoms with Gasteiger partial charge in [-0.1, -0.05) is 19.3 Å². The van der Waals surface area contributed by atoms with Crippen LogP contribution in [0.2, 0.25) is 0 Å². The van der Waals surface area contributed by atoms with E-state index in [1.165, 1.54) is 0 Å². The third-order valence-corrected chi connectivity index (χ3v) is 15.9. The Labute approximate surface area is 458 Å². The minimum absolute atomic E-state index is 0.0139. The summed E-state index contributed by atoms with van der Waals surface area (Å²) in [5.74, 6) is -2.16. The van der Waals surface area contributed by atoms with Gasteiger partial charge in [-0.2, -0.15) is 8.62 Å². The van der Waals surface area contributed by atoms with Crippen LogP contribution in [0.3, 0.4) is 0 Å². The van der Waals surface area contributed by atoms with E-state index in [4.69, 9.17) is 33.7 Å². The van der Waals surface area contributed by atoms with E-state index in [2.05, 4.69) is 40.5 Å². The molecule has 1 aliphatic carbocycles. The van der Waals surface area contributed by atoms with Crippen molar-refractivity contribution in [1.29, 1.82) is 0 Å². The van der Waals surface area contributed by atoms with Gasteiger partial charge in [-0.3, -0.25) is 23.4 Å². The van der Waals surface area contributed by atoms with Crippen molar-refractivity contribution in [3.8, 4) is 0 Å². The van der Waals surface area contributed by atoms with Gasteiger partial charge in [0, 0.05) is 32.6 Å². The van der Waals surface area contributed by atoms with E-state index in [1.807, 2.05) is 0 Å². The molecular formula is C47H90N7O21P3. The zero-order valence-electron chi connectivity index (χ0n) is 46.9. The summed E-state index contributed by atoms with van der Waals surface area (Å²) in [7, 11) is -17.0. The molecule has 0 radical (unpaired) electrons. The lowest BCUT2D eigenvalue weighted by Crippen LogP contribution is -2.56. The van der Waals surface area contributed by atoms with Crippen molar-refractivity contribution in [3.63, 3.8) is 0 Å². The van der Waals surface area contributed by atoms with Crippen molar-refractivity contribution in [2.24, 2.45) is 11.7 Å². The summed E-state index contributed by atoms with van der Waals surface area (Å²) >= 11 is 0. The molecule has 31 heteroatoms. The summed E-state index contributed by atoms with van der Waals surface area (Å²) in [5.41, 5.74) is 4.03. The lowest BCUT2D eigenvalue weighted by Gasteiger charge is -2.27. The van der Waals surface area contributed by atoms with Gasteiger partial charge in [0.2, 0.25) is 17.7 Å². The van der Waals surface area contributed by atoms with Gasteiger partial charge in [-0.25, -0.2) is 28.1 Å². The number of hydrogen-bond donors (Lipinski definition) is 11. The van der Waals surface area contributed by atoms with Crippen LogP contribution in [0.4, 0.5) is 14.4 Å². The number of nitrogens with one attached hydrogen (secondary N) is 6. The minimum Gasteiger partial charge on any atom is -0.444 e. The highest BCUT2D eigenvalue weighted by atomic mass is 31.3. The molecule has 0 spiro atoms. The molecule has 454 valence electrons. The highest BCUT2D eigenvalue weighted by molar-refractivity contribution is 7.66. The van der Waals surface area contributed by atoms with E-state index in [-0.39, 0.29) is 70.2 Å². The fourth-order valence-corrected chi connectivity index (χ4v) is 11.7. The van der Waals surface area contributed by atoms with E-state index in [0.29, 0.717) is 25.7 Å². The number of phosphoric ester groups is 2. The van der Waals surface area contributed by atoms with Crippen molar-refractivity contribution < 1.29 is 98.9 Å². The number of alkyl carbamates (subject to hydrolysis) is 3. The molecule has 0 aromatic heterocycles. The average molecular weight is 1180 g/mol. The molecular weight excluding hydrogens is 1090 g/mol. The summed E-state index contributed by atoms with van der Waals surface area (Å²) in [6, 6.07) is -3.69. The number of nitrogens with two attached hydrogens (primary N) is 1. The predicted octanol–water partition coefficient (Wildman–Crippen LogP) is 5.34. The van der Waals surface area contributed by atoms with E-state index < -0.39 is 126 Å². The topological polar surface area (TPSA) is 407 Å². The Morgan fingerprint density at radius 1 is 0.603 bits per heavy atom. The van der Waals surface area contributed by atoms with Crippen LogP contribution in [0, 0.1) is 5.92 Å². The van der Waals surface area contributed by atoms with Crippen molar-refractivity contribution in [2.75, 3.05) is 32.8 Å². The molecule has 1 heterocycles. The number of rotatable bonds is 32. The standard InChI is InChI=1S/C47H90N7O21P3/c1-31(73-77(64,65)75-78(66,67)74-76(62,63)68-30-38-36(55)28-37(69-38)32-20-12-11-13-21-32)29-52-40(57)34(23-15-18-26-50-43(60)71-46(5,6)7)54-41(58)35(24-16-19-27-51-44(61)72-47(8,9)10)53-39(56)33(48)22-14-17-25-49-42(59)70-45(2,3)4/h31-38,55H,11-30,48H2,1-10H3,(H,49,59)(H,50,60)(H,51,61)(H,52,57)(H,53,56)(H,54,58)(H,62,63)(H,64,65)(H,66,67)/t31?,33?,34?,35?,36-,37-,38-/m1/s1. The first-order valence-corrected chi connectivity index (χ1v) is 31.0. The highest BCUT2D eigenvalue weighted by Gasteiger charge is 2.45. The first kappa shape index (κ1) is 70.6. The lowest BCUT2D eigenvalue weighted by atomic mass is 9.84. The Morgan fingerprint density at radius 2 is 1.04 bits per heavy atom. The fourth-order valence-electron chi connectivity index (χ4n) is 8.01. The Morgan fingerprint density at radius 3 is 1.51 bits per heavy atom. The van der Waals surface area contributed by atoms with Crippen LogP contribution in [0.5, 0.6) is 0 Å².